The van der Waals surface area contributed by atoms with Crippen LogP contribution in [0.3, 0.4) is 0 Å². The molecule has 24 heavy (non-hydrogen) atoms. The summed E-state index contributed by atoms with van der Waals surface area (Å²) in [5.41, 5.74) is 1.71. The predicted octanol–water partition coefficient (Wildman–Crippen LogP) is 2.05. The lowest BCUT2D eigenvalue weighted by atomic mass is 10.0. The van der Waals surface area contributed by atoms with Crippen molar-refractivity contribution in [1.82, 2.24) is 10.2 Å². The molecule has 1 saturated heterocycles. The van der Waals surface area contributed by atoms with Crippen molar-refractivity contribution in [3.8, 4) is 0 Å². The number of carbonyl (C=O) groups is 3. The Balaban J connectivity index is 1.79. The van der Waals surface area contributed by atoms with Crippen LogP contribution in [0.4, 0.5) is 0 Å². The second-order valence-electron chi connectivity index (χ2n) is 5.57. The average Bonchev–Trinajstić information content (AvgIpc) is 2.59. The molecule has 1 aliphatic rings. The van der Waals surface area contributed by atoms with Crippen LogP contribution in [0, 0.1) is 0 Å². The van der Waals surface area contributed by atoms with Gasteiger partial charge in [-0.05, 0) is 23.3 Å². The van der Waals surface area contributed by atoms with Gasteiger partial charge in [0.15, 0.2) is 0 Å². The molecule has 1 heterocycles. The molecular formula is C18H15BrN2O3. The number of hydrogen-bond acceptors (Lipinski definition) is 3. The Morgan fingerprint density at radius 1 is 0.917 bits per heavy atom. The summed E-state index contributed by atoms with van der Waals surface area (Å²) in [5.74, 6) is -1.94. The van der Waals surface area contributed by atoms with E-state index in [1.165, 1.54) is 0 Å². The number of nitrogens with one attached hydrogen (secondary N) is 1. The summed E-state index contributed by atoms with van der Waals surface area (Å²) in [7, 11) is 0. The van der Waals surface area contributed by atoms with E-state index in [-0.39, 0.29) is 12.5 Å². The molecule has 122 valence electrons. The molecule has 1 unspecified atom stereocenters. The van der Waals surface area contributed by atoms with Crippen LogP contribution in [0.2, 0.25) is 0 Å². The molecule has 2 aromatic carbocycles. The van der Waals surface area contributed by atoms with Crippen LogP contribution in [-0.4, -0.2) is 28.7 Å². The summed E-state index contributed by atoms with van der Waals surface area (Å²) in [6.45, 7) is 0.0870. The maximum Gasteiger partial charge on any atom is 0.318 e. The molecule has 1 N–H and O–H groups in total. The first-order valence-electron chi connectivity index (χ1n) is 7.49. The molecule has 0 aromatic heterocycles. The Labute approximate surface area is 147 Å². The number of piperazine rings is 1. The van der Waals surface area contributed by atoms with Crippen LogP contribution in [-0.2, 0) is 27.3 Å². The monoisotopic (exact) mass is 386 g/mol. The molecule has 6 heteroatoms. The molecule has 1 aliphatic heterocycles. The summed E-state index contributed by atoms with van der Waals surface area (Å²) in [6, 6.07) is 15.9. The van der Waals surface area contributed by atoms with Gasteiger partial charge in [-0.3, -0.25) is 19.3 Å². The van der Waals surface area contributed by atoms with Gasteiger partial charge in [-0.25, -0.2) is 0 Å². The van der Waals surface area contributed by atoms with Gasteiger partial charge in [-0.1, -0.05) is 58.4 Å². The summed E-state index contributed by atoms with van der Waals surface area (Å²) in [4.78, 5) is 37.7. The van der Waals surface area contributed by atoms with Crippen LogP contribution >= 0.6 is 15.9 Å². The Morgan fingerprint density at radius 2 is 1.58 bits per heavy atom. The summed E-state index contributed by atoms with van der Waals surface area (Å²) in [5, 5.41) is 2.50. The average molecular weight is 387 g/mol. The summed E-state index contributed by atoms with van der Waals surface area (Å²) < 4.78 is 0.905. The van der Waals surface area contributed by atoms with Gasteiger partial charge in [0.2, 0.25) is 0 Å². The number of nitrogens with zero attached hydrogens (tertiary/aromatic N) is 1. The number of hydrogen-bond donors (Lipinski definition) is 1. The Kier molecular flexibility index (Phi) is 4.76. The minimum Gasteiger partial charge on any atom is -0.336 e. The number of benzene rings is 2. The second kappa shape index (κ2) is 6.97. The van der Waals surface area contributed by atoms with Crippen molar-refractivity contribution in [3.63, 3.8) is 0 Å². The first-order chi connectivity index (χ1) is 11.5. The van der Waals surface area contributed by atoms with Crippen molar-refractivity contribution in [2.45, 2.75) is 19.0 Å². The van der Waals surface area contributed by atoms with E-state index in [0.29, 0.717) is 6.42 Å². The van der Waals surface area contributed by atoms with Gasteiger partial charge in [0.25, 0.3) is 5.91 Å². The van der Waals surface area contributed by atoms with Crippen LogP contribution in [0.15, 0.2) is 59.1 Å². The van der Waals surface area contributed by atoms with Crippen LogP contribution in [0.25, 0.3) is 0 Å². The Bertz CT molecular complexity index is 775. The van der Waals surface area contributed by atoms with Crippen LogP contribution in [0.1, 0.15) is 11.1 Å². The maximum absolute atomic E-state index is 12.6. The SMILES string of the molecule is O=C1NC(Cc2ccccc2)C(=O)N(Cc2ccc(Br)cc2)C1=O. The fourth-order valence-corrected chi connectivity index (χ4v) is 2.87. The van der Waals surface area contributed by atoms with E-state index in [9.17, 15) is 14.4 Å². The van der Waals surface area contributed by atoms with Crippen molar-refractivity contribution in [1.29, 1.82) is 0 Å². The third-order valence-corrected chi connectivity index (χ3v) is 4.37. The molecule has 1 fully saturated rings. The van der Waals surface area contributed by atoms with Crippen molar-refractivity contribution in [2.75, 3.05) is 0 Å². The molecule has 3 amide bonds. The van der Waals surface area contributed by atoms with Gasteiger partial charge in [-0.2, -0.15) is 0 Å². The number of amides is 3. The lowest BCUT2D eigenvalue weighted by Gasteiger charge is -2.31. The minimum atomic E-state index is -0.813. The molecule has 0 saturated carbocycles. The van der Waals surface area contributed by atoms with E-state index in [1.807, 2.05) is 54.6 Å². The van der Waals surface area contributed by atoms with E-state index in [4.69, 9.17) is 0 Å². The van der Waals surface area contributed by atoms with Crippen molar-refractivity contribution >= 4 is 33.7 Å². The van der Waals surface area contributed by atoms with Crippen molar-refractivity contribution in [2.24, 2.45) is 0 Å². The first-order valence-corrected chi connectivity index (χ1v) is 8.28. The van der Waals surface area contributed by atoms with E-state index < -0.39 is 17.9 Å². The fraction of sp³-hybridized carbons (Fsp3) is 0.167. The van der Waals surface area contributed by atoms with Crippen molar-refractivity contribution in [3.05, 3.63) is 70.2 Å². The van der Waals surface area contributed by atoms with Gasteiger partial charge < -0.3 is 5.32 Å². The van der Waals surface area contributed by atoms with E-state index >= 15 is 0 Å². The molecule has 2 aromatic rings. The molecule has 1 atom stereocenters. The number of rotatable bonds is 4. The van der Waals surface area contributed by atoms with Crippen molar-refractivity contribution < 1.29 is 14.4 Å². The highest BCUT2D eigenvalue weighted by molar-refractivity contribution is 9.10. The number of imide groups is 1. The molecule has 0 aliphatic carbocycles. The predicted molar refractivity (Wildman–Crippen MR) is 91.8 cm³/mol. The highest BCUT2D eigenvalue weighted by Gasteiger charge is 2.39. The van der Waals surface area contributed by atoms with Gasteiger partial charge in [-0.15, -0.1) is 0 Å². The molecular weight excluding hydrogens is 372 g/mol. The lowest BCUT2D eigenvalue weighted by molar-refractivity contribution is -0.159. The van der Waals surface area contributed by atoms with Gasteiger partial charge in [0.05, 0.1) is 6.54 Å². The van der Waals surface area contributed by atoms with Crippen LogP contribution < -0.4 is 5.32 Å². The van der Waals surface area contributed by atoms with E-state index in [1.54, 1.807) is 0 Å². The van der Waals surface area contributed by atoms with E-state index in [0.717, 1.165) is 20.5 Å². The molecule has 0 bridgehead atoms. The number of carbonyl (C=O) groups excluding carboxylic acids is 3. The first kappa shape index (κ1) is 16.4. The zero-order valence-corrected chi connectivity index (χ0v) is 14.3. The maximum atomic E-state index is 12.6. The Hall–Kier alpha value is -2.47. The second-order valence-corrected chi connectivity index (χ2v) is 6.49. The molecule has 3 rings (SSSR count). The van der Waals surface area contributed by atoms with Gasteiger partial charge in [0, 0.05) is 10.9 Å². The molecule has 0 radical (unpaired) electrons. The topological polar surface area (TPSA) is 66.5 Å². The highest BCUT2D eigenvalue weighted by Crippen LogP contribution is 2.16. The summed E-state index contributed by atoms with van der Waals surface area (Å²) in [6.07, 6.45) is 0.357. The van der Waals surface area contributed by atoms with Gasteiger partial charge in [0.1, 0.15) is 6.04 Å². The highest BCUT2D eigenvalue weighted by atomic mass is 79.9. The minimum absolute atomic E-state index is 0.0870. The molecule has 0 spiro atoms. The third kappa shape index (κ3) is 3.54. The zero-order chi connectivity index (χ0) is 17.1. The molecule has 5 nitrogen and oxygen atoms in total. The van der Waals surface area contributed by atoms with Gasteiger partial charge >= 0.3 is 11.8 Å². The van der Waals surface area contributed by atoms with Crippen LogP contribution in [0.5, 0.6) is 0 Å². The smallest absolute Gasteiger partial charge is 0.318 e. The number of halogens is 1. The quantitative estimate of drug-likeness (QED) is 0.645. The van der Waals surface area contributed by atoms with E-state index in [2.05, 4.69) is 21.2 Å². The third-order valence-electron chi connectivity index (χ3n) is 3.85. The Morgan fingerprint density at radius 3 is 2.25 bits per heavy atom. The fourth-order valence-electron chi connectivity index (χ4n) is 2.60. The normalized spacial score (nSPS) is 17.8. The zero-order valence-electron chi connectivity index (χ0n) is 12.7. The standard InChI is InChI=1S/C18H15BrN2O3/c19-14-8-6-13(7-9-14)11-21-17(23)15(20-16(22)18(21)24)10-12-4-2-1-3-5-12/h1-9,15H,10-11H2,(H,20,22). The largest absolute Gasteiger partial charge is 0.336 e. The summed E-state index contributed by atoms with van der Waals surface area (Å²) >= 11 is 3.34. The lowest BCUT2D eigenvalue weighted by Crippen LogP contribution is -2.61.